The number of Topliss-reactive ketones (excluding diaryl/α,β-unsaturated/α-hetero) is 1. The van der Waals surface area contributed by atoms with Crippen molar-refractivity contribution in [2.75, 3.05) is 5.32 Å². The third kappa shape index (κ3) is 2.30. The lowest BCUT2D eigenvalue weighted by molar-refractivity contribution is 0.101. The van der Waals surface area contributed by atoms with Gasteiger partial charge in [0.15, 0.2) is 11.4 Å². The van der Waals surface area contributed by atoms with Crippen molar-refractivity contribution in [3.05, 3.63) is 46.5 Å². The van der Waals surface area contributed by atoms with E-state index >= 15 is 0 Å². The molecule has 3 aromatic rings. The Morgan fingerprint density at radius 3 is 2.95 bits per heavy atom. The van der Waals surface area contributed by atoms with E-state index in [9.17, 15) is 9.59 Å². The van der Waals surface area contributed by atoms with Gasteiger partial charge in [0, 0.05) is 17.1 Å². The summed E-state index contributed by atoms with van der Waals surface area (Å²) in [5.41, 5.74) is 1.90. The SMILES string of the molecule is CC(=O)c1csc(C(=O)Nc2ccc3nncn3c2)c1. The predicted octanol–water partition coefficient (Wildman–Crippen LogP) is 2.25. The summed E-state index contributed by atoms with van der Waals surface area (Å²) in [6, 6.07) is 5.11. The predicted molar refractivity (Wildman–Crippen MR) is 75.3 cm³/mol. The van der Waals surface area contributed by atoms with Gasteiger partial charge in [-0.1, -0.05) is 0 Å². The number of anilines is 1. The minimum atomic E-state index is -0.241. The number of rotatable bonds is 3. The molecule has 0 aliphatic heterocycles. The van der Waals surface area contributed by atoms with Crippen LogP contribution in [-0.2, 0) is 0 Å². The number of hydrogen-bond donors (Lipinski definition) is 1. The maximum absolute atomic E-state index is 12.1. The lowest BCUT2D eigenvalue weighted by Gasteiger charge is -2.03. The lowest BCUT2D eigenvalue weighted by Crippen LogP contribution is -2.10. The molecule has 0 atom stereocenters. The largest absolute Gasteiger partial charge is 0.320 e. The Morgan fingerprint density at radius 1 is 1.35 bits per heavy atom. The van der Waals surface area contributed by atoms with Crippen LogP contribution in [-0.4, -0.2) is 26.3 Å². The van der Waals surface area contributed by atoms with Crippen LogP contribution in [0.1, 0.15) is 27.0 Å². The molecular weight excluding hydrogens is 276 g/mol. The lowest BCUT2D eigenvalue weighted by atomic mass is 10.2. The molecule has 0 radical (unpaired) electrons. The number of carbonyl (C=O) groups is 2. The molecule has 1 amide bonds. The van der Waals surface area contributed by atoms with Gasteiger partial charge in [-0.3, -0.25) is 14.0 Å². The molecule has 3 heterocycles. The highest BCUT2D eigenvalue weighted by Crippen LogP contribution is 2.17. The summed E-state index contributed by atoms with van der Waals surface area (Å²) in [5.74, 6) is -0.291. The summed E-state index contributed by atoms with van der Waals surface area (Å²) < 4.78 is 1.71. The molecule has 0 aliphatic rings. The minimum Gasteiger partial charge on any atom is -0.320 e. The van der Waals surface area contributed by atoms with Gasteiger partial charge in [-0.15, -0.1) is 21.5 Å². The highest BCUT2D eigenvalue weighted by atomic mass is 32.1. The highest BCUT2D eigenvalue weighted by Gasteiger charge is 2.11. The van der Waals surface area contributed by atoms with Gasteiger partial charge in [-0.25, -0.2) is 0 Å². The minimum absolute atomic E-state index is 0.0498. The van der Waals surface area contributed by atoms with Crippen LogP contribution in [0.3, 0.4) is 0 Å². The highest BCUT2D eigenvalue weighted by molar-refractivity contribution is 7.12. The second-order valence-electron chi connectivity index (χ2n) is 4.22. The molecule has 7 heteroatoms. The molecule has 0 saturated carbocycles. The van der Waals surface area contributed by atoms with Crippen LogP contribution in [0, 0.1) is 0 Å². The van der Waals surface area contributed by atoms with Crippen molar-refractivity contribution in [2.45, 2.75) is 6.92 Å². The Labute approximate surface area is 118 Å². The van der Waals surface area contributed by atoms with Gasteiger partial charge in [0.25, 0.3) is 5.91 Å². The zero-order valence-corrected chi connectivity index (χ0v) is 11.3. The standard InChI is InChI=1S/C13H10N4O2S/c1-8(18)9-4-11(20-6-9)13(19)15-10-2-3-12-16-14-7-17(12)5-10/h2-7H,1H3,(H,15,19). The summed E-state index contributed by atoms with van der Waals surface area (Å²) in [6.07, 6.45) is 3.29. The molecule has 0 saturated heterocycles. The molecule has 3 rings (SSSR count). The van der Waals surface area contributed by atoms with Crippen molar-refractivity contribution in [1.82, 2.24) is 14.6 Å². The van der Waals surface area contributed by atoms with Crippen molar-refractivity contribution in [1.29, 1.82) is 0 Å². The molecule has 100 valence electrons. The topological polar surface area (TPSA) is 76.4 Å². The second kappa shape index (κ2) is 4.86. The van der Waals surface area contributed by atoms with Gasteiger partial charge in [0.2, 0.25) is 0 Å². The van der Waals surface area contributed by atoms with Gasteiger partial charge in [-0.2, -0.15) is 0 Å². The zero-order valence-electron chi connectivity index (χ0n) is 10.5. The summed E-state index contributed by atoms with van der Waals surface area (Å²) >= 11 is 1.25. The number of aromatic nitrogens is 3. The maximum atomic E-state index is 12.1. The number of ketones is 1. The first-order valence-corrected chi connectivity index (χ1v) is 6.71. The van der Waals surface area contributed by atoms with Crippen molar-refractivity contribution < 1.29 is 9.59 Å². The number of nitrogens with one attached hydrogen (secondary N) is 1. The normalized spacial score (nSPS) is 10.7. The fourth-order valence-corrected chi connectivity index (χ4v) is 2.58. The molecule has 0 bridgehead atoms. The Balaban J connectivity index is 1.82. The second-order valence-corrected chi connectivity index (χ2v) is 5.14. The van der Waals surface area contributed by atoms with Crippen molar-refractivity contribution in [3.8, 4) is 0 Å². The summed E-state index contributed by atoms with van der Waals surface area (Å²) in [7, 11) is 0. The van der Waals surface area contributed by atoms with Crippen LogP contribution in [0.25, 0.3) is 5.65 Å². The van der Waals surface area contributed by atoms with E-state index in [4.69, 9.17) is 0 Å². The maximum Gasteiger partial charge on any atom is 0.265 e. The number of pyridine rings is 1. The molecule has 0 aromatic carbocycles. The van der Waals surface area contributed by atoms with E-state index in [1.54, 1.807) is 40.5 Å². The first-order chi connectivity index (χ1) is 9.63. The molecule has 20 heavy (non-hydrogen) atoms. The van der Waals surface area contributed by atoms with E-state index in [2.05, 4.69) is 15.5 Å². The number of thiophene rings is 1. The van der Waals surface area contributed by atoms with Crippen LogP contribution in [0.5, 0.6) is 0 Å². The monoisotopic (exact) mass is 286 g/mol. The van der Waals surface area contributed by atoms with Crippen molar-refractivity contribution >= 4 is 34.4 Å². The van der Waals surface area contributed by atoms with Crippen LogP contribution >= 0.6 is 11.3 Å². The molecule has 3 aromatic heterocycles. The quantitative estimate of drug-likeness (QED) is 0.749. The number of nitrogens with zero attached hydrogens (tertiary/aromatic N) is 3. The van der Waals surface area contributed by atoms with E-state index in [-0.39, 0.29) is 11.7 Å². The van der Waals surface area contributed by atoms with Crippen LogP contribution in [0.15, 0.2) is 36.1 Å². The van der Waals surface area contributed by atoms with Crippen molar-refractivity contribution in [2.24, 2.45) is 0 Å². The molecule has 0 fully saturated rings. The van der Waals surface area contributed by atoms with Crippen LogP contribution in [0.2, 0.25) is 0 Å². The van der Waals surface area contributed by atoms with Gasteiger partial charge in [-0.05, 0) is 25.1 Å². The van der Waals surface area contributed by atoms with Gasteiger partial charge in [0.05, 0.1) is 10.6 Å². The Hall–Kier alpha value is -2.54. The Kier molecular flexibility index (Phi) is 3.03. The van der Waals surface area contributed by atoms with E-state index in [1.165, 1.54) is 18.3 Å². The molecular formula is C13H10N4O2S. The molecule has 0 spiro atoms. The first-order valence-electron chi connectivity index (χ1n) is 5.84. The number of fused-ring (bicyclic) bond motifs is 1. The molecule has 1 N–H and O–H groups in total. The van der Waals surface area contributed by atoms with E-state index in [0.29, 0.717) is 21.8 Å². The summed E-state index contributed by atoms with van der Waals surface area (Å²) in [4.78, 5) is 23.8. The number of carbonyl (C=O) groups excluding carboxylic acids is 2. The fraction of sp³-hybridized carbons (Fsp3) is 0.0769. The number of hydrogen-bond acceptors (Lipinski definition) is 5. The van der Waals surface area contributed by atoms with E-state index in [1.807, 2.05) is 0 Å². The Bertz CT molecular complexity index is 805. The number of amides is 1. The Morgan fingerprint density at radius 2 is 2.20 bits per heavy atom. The van der Waals surface area contributed by atoms with Gasteiger partial charge < -0.3 is 5.32 Å². The average molecular weight is 286 g/mol. The van der Waals surface area contributed by atoms with Gasteiger partial charge in [0.1, 0.15) is 6.33 Å². The fourth-order valence-electron chi connectivity index (χ4n) is 1.73. The molecule has 6 nitrogen and oxygen atoms in total. The average Bonchev–Trinajstić information content (AvgIpc) is 3.07. The van der Waals surface area contributed by atoms with Crippen LogP contribution < -0.4 is 5.32 Å². The molecule has 0 aliphatic carbocycles. The van der Waals surface area contributed by atoms with E-state index in [0.717, 1.165) is 0 Å². The van der Waals surface area contributed by atoms with Crippen LogP contribution in [0.4, 0.5) is 5.69 Å². The molecule has 0 unspecified atom stereocenters. The smallest absolute Gasteiger partial charge is 0.265 e. The zero-order chi connectivity index (χ0) is 14.1. The summed E-state index contributed by atoms with van der Waals surface area (Å²) in [6.45, 7) is 1.48. The van der Waals surface area contributed by atoms with Gasteiger partial charge >= 0.3 is 0 Å². The third-order valence-electron chi connectivity index (χ3n) is 2.78. The third-order valence-corrected chi connectivity index (χ3v) is 3.71. The first kappa shape index (κ1) is 12.5. The van der Waals surface area contributed by atoms with E-state index < -0.39 is 0 Å². The summed E-state index contributed by atoms with van der Waals surface area (Å²) in [5, 5.41) is 12.1. The van der Waals surface area contributed by atoms with Crippen molar-refractivity contribution in [3.63, 3.8) is 0 Å².